The molecule has 5 nitrogen and oxygen atoms in total. The summed E-state index contributed by atoms with van der Waals surface area (Å²) < 4.78 is 17.0. The highest BCUT2D eigenvalue weighted by molar-refractivity contribution is 7.26. The van der Waals surface area contributed by atoms with Crippen LogP contribution in [0.4, 0.5) is 34.1 Å². The molecule has 8 heterocycles. The van der Waals surface area contributed by atoms with Gasteiger partial charge in [0.2, 0.25) is 0 Å². The standard InChI is InChI=1S/C106H67BN4OS2/c1-106(2,3)70-54-95-103-96(55-70)111-94-57-72(109-90-39-15-11-31-78(90)82-59-86-80-33-13-17-41-100(80)114-102(86)61-92(82)109)45-47-88(94)107(103)87-46-44-71(108-89-38-14-10-30-77(89)81-58-85-79-32-12-16-40-99(79)113-101(85)60-91(81)108)56-93(87)110(95)104-73(62-22-6-4-7-23-62)34-20-36-75(104)68-28-18-26-64(50-68)66-42-48-97-83(52-66)84-53-67(43-49-98(84)112-97)65-27-19-29-69(51-65)76-37-21-35-74(105(76)111)63-24-8-5-9-25-63/h4-61H,1-3H3. The monoisotopic (exact) mass is 1490 g/mol. The van der Waals surface area contributed by atoms with Crippen molar-refractivity contribution in [2.75, 3.05) is 9.80 Å². The summed E-state index contributed by atoms with van der Waals surface area (Å²) in [5.74, 6) is 0. The number of para-hydroxylation sites is 4. The van der Waals surface area contributed by atoms with E-state index in [1.54, 1.807) is 0 Å². The number of hydrogen-bond donors (Lipinski definition) is 0. The highest BCUT2D eigenvalue weighted by atomic mass is 32.1. The predicted molar refractivity (Wildman–Crippen MR) is 487 cm³/mol. The van der Waals surface area contributed by atoms with E-state index in [-0.39, 0.29) is 12.1 Å². The molecule has 0 amide bonds. The van der Waals surface area contributed by atoms with E-state index in [2.05, 4.69) is 392 Å². The summed E-state index contributed by atoms with van der Waals surface area (Å²) in [6, 6.07) is 134. The summed E-state index contributed by atoms with van der Waals surface area (Å²) in [7, 11) is 0. The Morgan fingerprint density at radius 1 is 0.263 bits per heavy atom. The Morgan fingerprint density at radius 2 is 0.658 bits per heavy atom. The molecule has 0 saturated carbocycles. The summed E-state index contributed by atoms with van der Waals surface area (Å²) >= 11 is 3.76. The molecule has 22 aromatic rings. The smallest absolute Gasteiger partial charge is 0.252 e. The molecule has 5 aromatic heterocycles. The molecule has 13 bridgehead atoms. The van der Waals surface area contributed by atoms with Crippen LogP contribution in [0.1, 0.15) is 26.3 Å². The van der Waals surface area contributed by atoms with Crippen LogP contribution < -0.4 is 26.2 Å². The zero-order valence-electron chi connectivity index (χ0n) is 62.6. The summed E-state index contributed by atoms with van der Waals surface area (Å²) in [6.07, 6.45) is 0. The molecule has 25 rings (SSSR count). The largest absolute Gasteiger partial charge is 0.456 e. The Bertz CT molecular complexity index is 7490. The van der Waals surface area contributed by atoms with Gasteiger partial charge in [-0.1, -0.05) is 251 Å². The van der Waals surface area contributed by atoms with Gasteiger partial charge in [-0.2, -0.15) is 0 Å². The molecule has 0 saturated heterocycles. The first-order chi connectivity index (χ1) is 56.1. The highest BCUT2D eigenvalue weighted by Gasteiger charge is 2.46. The second kappa shape index (κ2) is 23.9. The van der Waals surface area contributed by atoms with Crippen LogP contribution in [0.3, 0.4) is 0 Å². The third-order valence-electron chi connectivity index (χ3n) is 24.9. The average molecular weight is 1490 g/mol. The van der Waals surface area contributed by atoms with Gasteiger partial charge in [-0.25, -0.2) is 0 Å². The topological polar surface area (TPSA) is 29.5 Å². The van der Waals surface area contributed by atoms with Crippen molar-refractivity contribution in [3.8, 4) is 78.1 Å². The molecule has 0 fully saturated rings. The van der Waals surface area contributed by atoms with Gasteiger partial charge in [0.25, 0.3) is 6.71 Å². The Balaban J connectivity index is 0.852. The van der Waals surface area contributed by atoms with Gasteiger partial charge in [-0.3, -0.25) is 0 Å². The number of hydrogen-bond acceptors (Lipinski definition) is 5. The van der Waals surface area contributed by atoms with Crippen LogP contribution in [0, 0.1) is 0 Å². The summed E-state index contributed by atoms with van der Waals surface area (Å²) in [4.78, 5) is 5.46. The number of nitrogens with zero attached hydrogens (tertiary/aromatic N) is 4. The second-order valence-electron chi connectivity index (χ2n) is 32.2. The van der Waals surface area contributed by atoms with E-state index in [0.717, 1.165) is 145 Å². The number of aromatic nitrogens is 2. The lowest BCUT2D eigenvalue weighted by atomic mass is 9.33. The Morgan fingerprint density at radius 3 is 1.12 bits per heavy atom. The first-order valence-electron chi connectivity index (χ1n) is 39.5. The zero-order chi connectivity index (χ0) is 74.9. The molecule has 114 heavy (non-hydrogen) atoms. The maximum atomic E-state index is 6.78. The number of fused-ring (bicyclic) bond motifs is 32. The highest BCUT2D eigenvalue weighted by Crippen LogP contribution is 2.56. The van der Waals surface area contributed by atoms with E-state index in [0.29, 0.717) is 0 Å². The van der Waals surface area contributed by atoms with E-state index in [1.165, 1.54) is 94.9 Å². The minimum atomic E-state index is -0.362. The van der Waals surface area contributed by atoms with Crippen LogP contribution in [0.2, 0.25) is 0 Å². The third-order valence-corrected chi connectivity index (χ3v) is 27.2. The molecule has 17 aromatic carbocycles. The van der Waals surface area contributed by atoms with E-state index in [9.17, 15) is 0 Å². The van der Waals surface area contributed by atoms with Crippen molar-refractivity contribution in [2.24, 2.45) is 0 Å². The van der Waals surface area contributed by atoms with Gasteiger partial charge < -0.3 is 23.4 Å². The van der Waals surface area contributed by atoms with E-state index in [4.69, 9.17) is 4.42 Å². The SMILES string of the molecule is CC(C)(C)c1cc2c3c(c1)N1c4cc(-n5c6ccccc6c6cc7c(cc65)sc5ccccc57)ccc4B3c3ccc(-n4c5ccccc5c5cc6c(cc54)sc4ccccc46)cc3N2c2c(-c3ccccc3)cccc2-c2cccc(c2)-c2ccc3oc4ccc(cc4c3c2)-c2cccc(c2)-c2cccc(-c3ccccc3)c21. The number of furan rings is 1. The Labute approximate surface area is 666 Å². The number of benzene rings is 17. The quantitative estimate of drug-likeness (QED) is 0.165. The van der Waals surface area contributed by atoms with Crippen molar-refractivity contribution in [3.63, 3.8) is 0 Å². The van der Waals surface area contributed by atoms with E-state index >= 15 is 0 Å². The average Bonchev–Trinajstić information content (AvgIpc) is 0.998. The fraction of sp³-hybridized carbons (Fsp3) is 0.0377. The first-order valence-corrected chi connectivity index (χ1v) is 41.1. The molecule has 0 N–H and O–H groups in total. The van der Waals surface area contributed by atoms with Gasteiger partial charge >= 0.3 is 0 Å². The predicted octanol–water partition coefficient (Wildman–Crippen LogP) is 28.2. The molecule has 3 aliphatic rings. The van der Waals surface area contributed by atoms with Crippen LogP contribution in [0.25, 0.3) is 184 Å². The molecular formula is C106H67BN4OS2. The van der Waals surface area contributed by atoms with Crippen molar-refractivity contribution in [1.82, 2.24) is 9.13 Å². The third kappa shape index (κ3) is 9.29. The number of rotatable bonds is 4. The van der Waals surface area contributed by atoms with Gasteiger partial charge in [-0.15, -0.1) is 22.7 Å². The van der Waals surface area contributed by atoms with Crippen LogP contribution >= 0.6 is 22.7 Å². The lowest BCUT2D eigenvalue weighted by molar-refractivity contribution is 0.590. The maximum Gasteiger partial charge on any atom is 0.252 e. The Kier molecular flexibility index (Phi) is 13.4. The first kappa shape index (κ1) is 64.0. The van der Waals surface area contributed by atoms with Crippen LogP contribution in [0.5, 0.6) is 0 Å². The molecule has 0 spiro atoms. The van der Waals surface area contributed by atoms with Gasteiger partial charge in [0.15, 0.2) is 0 Å². The molecule has 0 unspecified atom stereocenters. The van der Waals surface area contributed by atoms with Crippen molar-refractivity contribution in [2.45, 2.75) is 26.2 Å². The van der Waals surface area contributed by atoms with Gasteiger partial charge in [-0.05, 0) is 193 Å². The molecule has 0 atom stereocenters. The second-order valence-corrected chi connectivity index (χ2v) is 34.4. The zero-order valence-corrected chi connectivity index (χ0v) is 64.2. The number of thiophene rings is 2. The molecule has 8 heteroatoms. The van der Waals surface area contributed by atoms with Crippen molar-refractivity contribution >= 4 is 186 Å². The summed E-state index contributed by atoms with van der Waals surface area (Å²) in [5, 5.41) is 12.2. The van der Waals surface area contributed by atoms with Crippen molar-refractivity contribution in [3.05, 3.63) is 357 Å². The van der Waals surface area contributed by atoms with Gasteiger partial charge in [0.05, 0.1) is 33.4 Å². The molecule has 3 aliphatic heterocycles. The fourth-order valence-electron chi connectivity index (χ4n) is 19.7. The molecule has 0 aliphatic carbocycles. The summed E-state index contributed by atoms with van der Waals surface area (Å²) in [6.45, 7) is 6.93. The normalized spacial score (nSPS) is 13.0. The molecule has 532 valence electrons. The minimum Gasteiger partial charge on any atom is -0.456 e. The van der Waals surface area contributed by atoms with Gasteiger partial charge in [0, 0.05) is 129 Å². The maximum absolute atomic E-state index is 6.78. The Hall–Kier alpha value is -13.8. The number of anilines is 6. The van der Waals surface area contributed by atoms with Crippen molar-refractivity contribution < 1.29 is 4.42 Å². The van der Waals surface area contributed by atoms with E-state index < -0.39 is 0 Å². The lowest BCUT2D eigenvalue weighted by Crippen LogP contribution is -2.61. The van der Waals surface area contributed by atoms with Crippen LogP contribution in [-0.4, -0.2) is 15.8 Å². The fourth-order valence-corrected chi connectivity index (χ4v) is 21.9. The molecule has 0 radical (unpaired) electrons. The van der Waals surface area contributed by atoms with Crippen LogP contribution in [-0.2, 0) is 5.41 Å². The minimum absolute atomic E-state index is 0.276. The van der Waals surface area contributed by atoms with Crippen molar-refractivity contribution in [1.29, 1.82) is 0 Å². The summed E-state index contributed by atoms with van der Waals surface area (Å²) in [5.41, 5.74) is 33.3. The van der Waals surface area contributed by atoms with E-state index in [1.807, 2.05) is 22.7 Å². The lowest BCUT2D eigenvalue weighted by Gasteiger charge is -2.46. The van der Waals surface area contributed by atoms with Crippen LogP contribution in [0.15, 0.2) is 356 Å². The van der Waals surface area contributed by atoms with Gasteiger partial charge in [0.1, 0.15) is 11.2 Å². The molecular weight excluding hydrogens is 1420 g/mol.